The number of carbonyl (C=O) groups excluding carboxylic acids is 2. The Kier molecular flexibility index (Phi) is 5.43. The largest absolute Gasteiger partial charge is 0.460 e. The molecule has 0 fully saturated rings. The minimum atomic E-state index is -0.529. The average molecular weight is 372 g/mol. The van der Waals surface area contributed by atoms with E-state index in [0.29, 0.717) is 21.6 Å². The van der Waals surface area contributed by atoms with E-state index in [2.05, 4.69) is 0 Å². The van der Waals surface area contributed by atoms with Gasteiger partial charge < -0.3 is 14.9 Å². The van der Waals surface area contributed by atoms with E-state index in [4.69, 9.17) is 14.9 Å². The van der Waals surface area contributed by atoms with E-state index in [1.165, 1.54) is 16.3 Å². The first kappa shape index (κ1) is 17.8. The number of oxazole rings is 1. The van der Waals surface area contributed by atoms with E-state index in [1.54, 1.807) is 48.5 Å². The zero-order chi connectivity index (χ0) is 18.5. The summed E-state index contributed by atoms with van der Waals surface area (Å²) in [6.07, 6.45) is 0. The van der Waals surface area contributed by atoms with Crippen molar-refractivity contribution in [3.05, 3.63) is 64.6 Å². The van der Waals surface area contributed by atoms with Gasteiger partial charge in [-0.2, -0.15) is 0 Å². The number of rotatable bonds is 7. The normalized spacial score (nSPS) is 10.8. The van der Waals surface area contributed by atoms with Crippen LogP contribution < -0.4 is 11.5 Å². The molecule has 0 saturated heterocycles. The van der Waals surface area contributed by atoms with Crippen molar-refractivity contribution < 1.29 is 18.7 Å². The van der Waals surface area contributed by atoms with Gasteiger partial charge >= 0.3 is 11.7 Å². The van der Waals surface area contributed by atoms with Crippen molar-refractivity contribution in [1.82, 2.24) is 4.57 Å². The van der Waals surface area contributed by atoms with Crippen molar-refractivity contribution in [2.45, 2.75) is 11.4 Å². The number of amides is 1. The molecular formula is C18H16N2O5S. The monoisotopic (exact) mass is 372 g/mol. The van der Waals surface area contributed by atoms with Crippen LogP contribution in [0.15, 0.2) is 62.6 Å². The molecule has 0 spiro atoms. The summed E-state index contributed by atoms with van der Waals surface area (Å²) in [7, 11) is 0. The number of aromatic nitrogens is 1. The Hall–Kier alpha value is -3.00. The minimum absolute atomic E-state index is 0.0110. The van der Waals surface area contributed by atoms with Gasteiger partial charge in [-0.3, -0.25) is 9.36 Å². The van der Waals surface area contributed by atoms with Crippen molar-refractivity contribution in [3.8, 4) is 0 Å². The summed E-state index contributed by atoms with van der Waals surface area (Å²) >= 11 is 1.17. The maximum absolute atomic E-state index is 12.3. The number of hydrogen-bond donors (Lipinski definition) is 1. The molecular weight excluding hydrogens is 356 g/mol. The number of para-hydroxylation sites is 2. The van der Waals surface area contributed by atoms with Gasteiger partial charge in [0.1, 0.15) is 6.61 Å². The Bertz CT molecular complexity index is 1010. The molecule has 8 heteroatoms. The molecule has 134 valence electrons. The number of thioether (sulfide) groups is 1. The highest BCUT2D eigenvalue weighted by atomic mass is 32.2. The lowest BCUT2D eigenvalue weighted by Gasteiger charge is -2.09. The molecule has 0 aliphatic carbocycles. The van der Waals surface area contributed by atoms with Crippen molar-refractivity contribution in [2.24, 2.45) is 5.73 Å². The standard InChI is InChI=1S/C18H16N2O5S/c19-16(21)11-26-15-8-4-1-5-12(15)17(22)24-10-9-20-13-6-2-3-7-14(13)25-18(20)23/h1-8H,9-11H2,(H2,19,21). The summed E-state index contributed by atoms with van der Waals surface area (Å²) < 4.78 is 11.8. The Morgan fingerprint density at radius 1 is 1.12 bits per heavy atom. The third-order valence-corrected chi connectivity index (χ3v) is 4.69. The molecule has 1 heterocycles. The van der Waals surface area contributed by atoms with Crippen molar-refractivity contribution in [1.29, 1.82) is 0 Å². The van der Waals surface area contributed by atoms with Gasteiger partial charge in [0, 0.05) is 4.90 Å². The molecule has 0 bridgehead atoms. The number of benzene rings is 2. The van der Waals surface area contributed by atoms with Crippen LogP contribution in [-0.4, -0.2) is 28.8 Å². The zero-order valence-electron chi connectivity index (χ0n) is 13.7. The minimum Gasteiger partial charge on any atom is -0.460 e. The van der Waals surface area contributed by atoms with E-state index in [9.17, 15) is 14.4 Å². The second-order valence-corrected chi connectivity index (χ2v) is 6.39. The lowest BCUT2D eigenvalue weighted by atomic mass is 10.2. The summed E-state index contributed by atoms with van der Waals surface area (Å²) in [5, 5.41) is 0. The fraction of sp³-hybridized carbons (Fsp3) is 0.167. The Labute approximate surface area is 152 Å². The lowest BCUT2D eigenvalue weighted by molar-refractivity contribution is -0.115. The highest BCUT2D eigenvalue weighted by Crippen LogP contribution is 2.23. The van der Waals surface area contributed by atoms with Gasteiger partial charge in [-0.05, 0) is 24.3 Å². The Morgan fingerprint density at radius 2 is 1.85 bits per heavy atom. The van der Waals surface area contributed by atoms with Gasteiger partial charge in [-0.15, -0.1) is 11.8 Å². The first-order chi connectivity index (χ1) is 12.6. The van der Waals surface area contributed by atoms with E-state index in [1.807, 2.05) is 0 Å². The molecule has 0 atom stereocenters. The number of hydrogen-bond acceptors (Lipinski definition) is 6. The highest BCUT2D eigenvalue weighted by molar-refractivity contribution is 8.00. The highest BCUT2D eigenvalue weighted by Gasteiger charge is 2.14. The second-order valence-electron chi connectivity index (χ2n) is 5.37. The Balaban J connectivity index is 1.67. The summed E-state index contributed by atoms with van der Waals surface area (Å²) in [5.74, 6) is -1.43. The molecule has 0 radical (unpaired) electrons. The SMILES string of the molecule is NC(=O)CSc1ccccc1C(=O)OCCn1c(=O)oc2ccccc21. The molecule has 0 saturated carbocycles. The van der Waals surface area contributed by atoms with Crippen LogP contribution in [0.25, 0.3) is 11.1 Å². The molecule has 0 unspecified atom stereocenters. The van der Waals surface area contributed by atoms with Crippen molar-refractivity contribution in [2.75, 3.05) is 12.4 Å². The predicted molar refractivity (Wildman–Crippen MR) is 97.1 cm³/mol. The maximum Gasteiger partial charge on any atom is 0.420 e. The molecule has 26 heavy (non-hydrogen) atoms. The number of nitrogens with two attached hydrogens (primary N) is 1. The van der Waals surface area contributed by atoms with Crippen LogP contribution in [0.3, 0.4) is 0 Å². The summed E-state index contributed by atoms with van der Waals surface area (Å²) in [6.45, 7) is 0.190. The number of esters is 1. The van der Waals surface area contributed by atoms with E-state index in [0.717, 1.165) is 0 Å². The van der Waals surface area contributed by atoms with E-state index >= 15 is 0 Å². The summed E-state index contributed by atoms with van der Waals surface area (Å²) in [5.41, 5.74) is 6.62. The van der Waals surface area contributed by atoms with Gasteiger partial charge in [0.05, 0.1) is 23.4 Å². The van der Waals surface area contributed by atoms with Crippen LogP contribution in [0.4, 0.5) is 0 Å². The topological polar surface area (TPSA) is 105 Å². The average Bonchev–Trinajstić information content (AvgIpc) is 2.95. The van der Waals surface area contributed by atoms with Gasteiger partial charge in [-0.25, -0.2) is 9.59 Å². The zero-order valence-corrected chi connectivity index (χ0v) is 14.5. The lowest BCUT2D eigenvalue weighted by Crippen LogP contribution is -2.19. The molecule has 3 rings (SSSR count). The number of carbonyl (C=O) groups is 2. The number of primary amides is 1. The summed E-state index contributed by atoms with van der Waals surface area (Å²) in [4.78, 5) is 35.8. The molecule has 7 nitrogen and oxygen atoms in total. The fourth-order valence-electron chi connectivity index (χ4n) is 2.44. The number of nitrogens with zero attached hydrogens (tertiary/aromatic N) is 1. The first-order valence-electron chi connectivity index (χ1n) is 7.82. The van der Waals surface area contributed by atoms with E-state index in [-0.39, 0.29) is 18.9 Å². The van der Waals surface area contributed by atoms with Crippen LogP contribution in [0.5, 0.6) is 0 Å². The smallest absolute Gasteiger partial charge is 0.420 e. The molecule has 2 aromatic carbocycles. The molecule has 0 aliphatic rings. The third-order valence-electron chi connectivity index (χ3n) is 3.60. The number of fused-ring (bicyclic) bond motifs is 1. The van der Waals surface area contributed by atoms with Crippen LogP contribution in [0.1, 0.15) is 10.4 Å². The first-order valence-corrected chi connectivity index (χ1v) is 8.80. The summed E-state index contributed by atoms with van der Waals surface area (Å²) in [6, 6.07) is 13.8. The van der Waals surface area contributed by atoms with Gasteiger partial charge in [0.2, 0.25) is 5.91 Å². The molecule has 2 N–H and O–H groups in total. The van der Waals surface area contributed by atoms with Gasteiger partial charge in [0.15, 0.2) is 5.58 Å². The van der Waals surface area contributed by atoms with Crippen LogP contribution in [-0.2, 0) is 16.1 Å². The molecule has 1 aromatic heterocycles. The third kappa shape index (κ3) is 3.97. The second kappa shape index (κ2) is 7.92. The van der Waals surface area contributed by atoms with Crippen molar-refractivity contribution in [3.63, 3.8) is 0 Å². The van der Waals surface area contributed by atoms with Gasteiger partial charge in [-0.1, -0.05) is 24.3 Å². The van der Waals surface area contributed by atoms with Crippen molar-refractivity contribution >= 4 is 34.7 Å². The van der Waals surface area contributed by atoms with Crippen LogP contribution in [0.2, 0.25) is 0 Å². The molecule has 3 aromatic rings. The van der Waals surface area contributed by atoms with Gasteiger partial charge in [0.25, 0.3) is 0 Å². The quantitative estimate of drug-likeness (QED) is 0.503. The van der Waals surface area contributed by atoms with Crippen LogP contribution >= 0.6 is 11.8 Å². The molecule has 0 aliphatic heterocycles. The fourth-order valence-corrected chi connectivity index (χ4v) is 3.22. The Morgan fingerprint density at radius 3 is 2.65 bits per heavy atom. The van der Waals surface area contributed by atoms with Crippen LogP contribution in [0, 0.1) is 0 Å². The van der Waals surface area contributed by atoms with E-state index < -0.39 is 17.6 Å². The maximum atomic E-state index is 12.3. The predicted octanol–water partition coefficient (Wildman–Crippen LogP) is 2.03. The number of ether oxygens (including phenoxy) is 1. The molecule has 1 amide bonds.